The molecular weight excluding hydrogens is 289 g/mol. The minimum absolute atomic E-state index is 0.587. The van der Waals surface area contributed by atoms with Crippen LogP contribution in [0.15, 0.2) is 24.3 Å². The second-order valence-corrected chi connectivity index (χ2v) is 4.85. The molecule has 1 aromatic carbocycles. The lowest BCUT2D eigenvalue weighted by molar-refractivity contribution is 0.0697. The molecule has 0 fully saturated rings. The maximum atomic E-state index is 9.81. The Morgan fingerprint density at radius 2 is 2.07 bits per heavy atom. The smallest absolute Gasteiger partial charge is 0.0788 e. The molecule has 0 bridgehead atoms. The summed E-state index contributed by atoms with van der Waals surface area (Å²) in [6.45, 7) is 4.41. The van der Waals surface area contributed by atoms with Crippen molar-refractivity contribution in [3.8, 4) is 0 Å². The van der Waals surface area contributed by atoms with E-state index in [0.29, 0.717) is 6.54 Å². The number of halogens is 1. The third-order valence-corrected chi connectivity index (χ3v) is 3.24. The number of aliphatic hydroxyl groups is 1. The van der Waals surface area contributed by atoms with Gasteiger partial charge >= 0.3 is 0 Å². The fourth-order valence-electron chi connectivity index (χ4n) is 1.02. The van der Waals surface area contributed by atoms with Gasteiger partial charge in [-0.05, 0) is 48.1 Å². The van der Waals surface area contributed by atoms with Crippen molar-refractivity contribution in [3.05, 3.63) is 27.8 Å². The first-order valence-corrected chi connectivity index (χ1v) is 5.84. The highest BCUT2D eigenvalue weighted by Crippen LogP contribution is 2.18. The summed E-state index contributed by atoms with van der Waals surface area (Å²) in [4.78, 5) is 0. The van der Waals surface area contributed by atoms with E-state index in [-0.39, 0.29) is 0 Å². The molecule has 0 aliphatic carbocycles. The SMILES string of the molecule is CCC(C)(O)CNc1ccccc1I. The van der Waals surface area contributed by atoms with E-state index < -0.39 is 5.60 Å². The Kier molecular flexibility index (Phi) is 4.19. The minimum atomic E-state index is -0.626. The molecule has 2 nitrogen and oxygen atoms in total. The van der Waals surface area contributed by atoms with E-state index in [1.807, 2.05) is 38.1 Å². The second-order valence-electron chi connectivity index (χ2n) is 3.68. The molecule has 0 saturated heterocycles. The van der Waals surface area contributed by atoms with Gasteiger partial charge in [-0.25, -0.2) is 0 Å². The van der Waals surface area contributed by atoms with Gasteiger partial charge in [0.1, 0.15) is 0 Å². The topological polar surface area (TPSA) is 32.3 Å². The van der Waals surface area contributed by atoms with Crippen LogP contribution in [0.25, 0.3) is 0 Å². The summed E-state index contributed by atoms with van der Waals surface area (Å²) in [5.41, 5.74) is 0.459. The van der Waals surface area contributed by atoms with Gasteiger partial charge in [-0.1, -0.05) is 19.1 Å². The molecule has 1 rings (SSSR count). The van der Waals surface area contributed by atoms with Gasteiger partial charge in [0, 0.05) is 15.8 Å². The molecule has 0 spiro atoms. The first kappa shape index (κ1) is 11.8. The van der Waals surface area contributed by atoms with Crippen LogP contribution < -0.4 is 5.32 Å². The predicted molar refractivity (Wildman–Crippen MR) is 68.6 cm³/mol. The average Bonchev–Trinajstić information content (AvgIpc) is 2.17. The molecule has 0 aliphatic rings. The highest BCUT2D eigenvalue weighted by atomic mass is 127. The van der Waals surface area contributed by atoms with Gasteiger partial charge in [-0.15, -0.1) is 0 Å². The normalized spacial score (nSPS) is 14.9. The molecule has 0 aromatic heterocycles. The molecule has 78 valence electrons. The quantitative estimate of drug-likeness (QED) is 0.838. The van der Waals surface area contributed by atoms with E-state index in [0.717, 1.165) is 12.1 Å². The van der Waals surface area contributed by atoms with E-state index in [1.54, 1.807) is 0 Å². The van der Waals surface area contributed by atoms with Crippen molar-refractivity contribution in [2.75, 3.05) is 11.9 Å². The highest BCUT2D eigenvalue weighted by Gasteiger charge is 2.16. The number of nitrogens with one attached hydrogen (secondary N) is 1. The van der Waals surface area contributed by atoms with Crippen LogP contribution in [0.5, 0.6) is 0 Å². The Balaban J connectivity index is 2.58. The molecule has 1 unspecified atom stereocenters. The Morgan fingerprint density at radius 1 is 1.43 bits per heavy atom. The summed E-state index contributed by atoms with van der Waals surface area (Å²) < 4.78 is 1.18. The Morgan fingerprint density at radius 3 is 2.64 bits per heavy atom. The maximum Gasteiger partial charge on any atom is 0.0788 e. The zero-order chi connectivity index (χ0) is 10.6. The van der Waals surface area contributed by atoms with E-state index in [1.165, 1.54) is 3.57 Å². The standard InChI is InChI=1S/C11H16INO/c1-3-11(2,14)8-13-10-7-5-4-6-9(10)12/h4-7,13-14H,3,8H2,1-2H3. The molecule has 0 aliphatic heterocycles. The van der Waals surface area contributed by atoms with Gasteiger partial charge in [-0.3, -0.25) is 0 Å². The van der Waals surface area contributed by atoms with Crippen LogP contribution in [0.4, 0.5) is 5.69 Å². The van der Waals surface area contributed by atoms with Gasteiger partial charge in [0.25, 0.3) is 0 Å². The average molecular weight is 305 g/mol. The van der Waals surface area contributed by atoms with Gasteiger partial charge < -0.3 is 10.4 Å². The fourth-order valence-corrected chi connectivity index (χ4v) is 1.59. The van der Waals surface area contributed by atoms with Crippen molar-refractivity contribution >= 4 is 28.3 Å². The molecule has 0 heterocycles. The largest absolute Gasteiger partial charge is 0.388 e. The molecule has 0 radical (unpaired) electrons. The summed E-state index contributed by atoms with van der Waals surface area (Å²) in [5.74, 6) is 0. The molecule has 3 heteroatoms. The number of benzene rings is 1. The van der Waals surface area contributed by atoms with Gasteiger partial charge in [-0.2, -0.15) is 0 Å². The van der Waals surface area contributed by atoms with Crippen molar-refractivity contribution in [2.24, 2.45) is 0 Å². The summed E-state index contributed by atoms with van der Waals surface area (Å²) >= 11 is 2.28. The Hall–Kier alpha value is -0.290. The number of anilines is 1. The Labute approximate surface area is 98.9 Å². The summed E-state index contributed by atoms with van der Waals surface area (Å²) in [6, 6.07) is 8.06. The van der Waals surface area contributed by atoms with E-state index in [4.69, 9.17) is 0 Å². The van der Waals surface area contributed by atoms with Gasteiger partial charge in [0.05, 0.1) is 5.60 Å². The number of hydrogen-bond acceptors (Lipinski definition) is 2. The summed E-state index contributed by atoms with van der Waals surface area (Å²) in [6.07, 6.45) is 0.753. The van der Waals surface area contributed by atoms with Crippen molar-refractivity contribution < 1.29 is 5.11 Å². The van der Waals surface area contributed by atoms with Crippen molar-refractivity contribution in [3.63, 3.8) is 0 Å². The van der Waals surface area contributed by atoms with Crippen LogP contribution in [-0.2, 0) is 0 Å². The van der Waals surface area contributed by atoms with Crippen LogP contribution in [0.2, 0.25) is 0 Å². The zero-order valence-electron chi connectivity index (χ0n) is 8.55. The van der Waals surface area contributed by atoms with E-state index >= 15 is 0 Å². The molecule has 14 heavy (non-hydrogen) atoms. The zero-order valence-corrected chi connectivity index (χ0v) is 10.7. The van der Waals surface area contributed by atoms with Crippen LogP contribution >= 0.6 is 22.6 Å². The monoisotopic (exact) mass is 305 g/mol. The first-order valence-electron chi connectivity index (χ1n) is 4.76. The Bertz CT molecular complexity index is 299. The molecular formula is C11H16INO. The maximum absolute atomic E-state index is 9.81. The number of rotatable bonds is 4. The van der Waals surface area contributed by atoms with E-state index in [9.17, 15) is 5.11 Å². The molecule has 0 amide bonds. The van der Waals surface area contributed by atoms with Crippen LogP contribution in [0, 0.1) is 3.57 Å². The number of hydrogen-bond donors (Lipinski definition) is 2. The van der Waals surface area contributed by atoms with Gasteiger partial charge in [0.2, 0.25) is 0 Å². The number of para-hydroxylation sites is 1. The van der Waals surface area contributed by atoms with Crippen molar-refractivity contribution in [1.29, 1.82) is 0 Å². The second kappa shape index (κ2) is 4.98. The third kappa shape index (κ3) is 3.46. The molecule has 1 atom stereocenters. The highest BCUT2D eigenvalue weighted by molar-refractivity contribution is 14.1. The van der Waals surface area contributed by atoms with Crippen LogP contribution in [0.3, 0.4) is 0 Å². The lowest BCUT2D eigenvalue weighted by Gasteiger charge is -2.22. The predicted octanol–water partition coefficient (Wildman–Crippen LogP) is 2.86. The van der Waals surface area contributed by atoms with Crippen LogP contribution in [-0.4, -0.2) is 17.3 Å². The summed E-state index contributed by atoms with van der Waals surface area (Å²) in [5, 5.41) is 13.1. The van der Waals surface area contributed by atoms with E-state index in [2.05, 4.69) is 27.9 Å². The van der Waals surface area contributed by atoms with Crippen molar-refractivity contribution in [1.82, 2.24) is 0 Å². The van der Waals surface area contributed by atoms with Gasteiger partial charge in [0.15, 0.2) is 0 Å². The van der Waals surface area contributed by atoms with Crippen molar-refractivity contribution in [2.45, 2.75) is 25.9 Å². The minimum Gasteiger partial charge on any atom is -0.388 e. The lowest BCUT2D eigenvalue weighted by atomic mass is 10.0. The van der Waals surface area contributed by atoms with Crippen LogP contribution in [0.1, 0.15) is 20.3 Å². The lowest BCUT2D eigenvalue weighted by Crippen LogP contribution is -2.32. The molecule has 0 saturated carbocycles. The third-order valence-electron chi connectivity index (χ3n) is 2.30. The fraction of sp³-hybridized carbons (Fsp3) is 0.455. The summed E-state index contributed by atoms with van der Waals surface area (Å²) in [7, 11) is 0. The molecule has 2 N–H and O–H groups in total. The first-order chi connectivity index (χ1) is 6.55. The molecule has 1 aromatic rings.